The molecule has 0 saturated carbocycles. The highest BCUT2D eigenvalue weighted by Crippen LogP contribution is 2.27. The van der Waals surface area contributed by atoms with E-state index in [1.165, 1.54) is 0 Å². The fraction of sp³-hybridized carbons (Fsp3) is 0.917. The maximum atomic E-state index is 11.1. The van der Waals surface area contributed by atoms with Crippen molar-refractivity contribution in [1.29, 1.82) is 0 Å². The van der Waals surface area contributed by atoms with Gasteiger partial charge in [0.15, 0.2) is 0 Å². The first-order valence-electron chi connectivity index (χ1n) is 6.47. The Kier molecular flexibility index (Phi) is 3.70. The van der Waals surface area contributed by atoms with Crippen LogP contribution in [0.15, 0.2) is 0 Å². The summed E-state index contributed by atoms with van der Waals surface area (Å²) in [5.41, 5.74) is 4.70. The Morgan fingerprint density at radius 1 is 1.47 bits per heavy atom. The first-order chi connectivity index (χ1) is 8.00. The van der Waals surface area contributed by atoms with Gasteiger partial charge in [0.2, 0.25) is 5.91 Å². The lowest BCUT2D eigenvalue weighted by molar-refractivity contribution is -0.124. The van der Waals surface area contributed by atoms with Gasteiger partial charge in [-0.15, -0.1) is 0 Å². The van der Waals surface area contributed by atoms with E-state index in [0.29, 0.717) is 0 Å². The average molecular weight is 241 g/mol. The summed E-state index contributed by atoms with van der Waals surface area (Å²) in [7, 11) is 0. The number of nitrogens with one attached hydrogen (secondary N) is 1. The Labute approximate surface area is 102 Å². The number of nitrogens with zero attached hydrogens (tertiary/aromatic N) is 1. The van der Waals surface area contributed by atoms with Crippen molar-refractivity contribution in [2.24, 2.45) is 11.7 Å². The molecule has 2 atom stereocenters. The molecule has 5 nitrogen and oxygen atoms in total. The van der Waals surface area contributed by atoms with E-state index >= 15 is 0 Å². The predicted molar refractivity (Wildman–Crippen MR) is 65.4 cm³/mol. The van der Waals surface area contributed by atoms with Gasteiger partial charge in [-0.1, -0.05) is 0 Å². The third-order valence-electron chi connectivity index (χ3n) is 4.24. The molecule has 2 heterocycles. The molecule has 2 fully saturated rings. The molecular weight excluding hydrogens is 218 g/mol. The fourth-order valence-electron chi connectivity index (χ4n) is 2.98. The number of piperidine rings is 2. The molecule has 0 aromatic heterocycles. The monoisotopic (exact) mass is 241 g/mol. The highest BCUT2D eigenvalue weighted by atomic mass is 16.3. The second kappa shape index (κ2) is 4.92. The van der Waals surface area contributed by atoms with Crippen LogP contribution in [0.25, 0.3) is 0 Å². The van der Waals surface area contributed by atoms with Gasteiger partial charge >= 0.3 is 0 Å². The van der Waals surface area contributed by atoms with Crippen molar-refractivity contribution in [3.8, 4) is 0 Å². The number of carbonyl (C=O) groups is 1. The van der Waals surface area contributed by atoms with E-state index < -0.39 is 5.60 Å². The molecule has 0 spiro atoms. The molecule has 2 unspecified atom stereocenters. The van der Waals surface area contributed by atoms with Gasteiger partial charge < -0.3 is 16.2 Å². The predicted octanol–water partition coefficient (Wildman–Crippen LogP) is -0.703. The van der Waals surface area contributed by atoms with Crippen LogP contribution in [0.3, 0.4) is 0 Å². The summed E-state index contributed by atoms with van der Waals surface area (Å²) in [4.78, 5) is 13.4. The number of nitrogens with two attached hydrogens (primary N) is 1. The highest BCUT2D eigenvalue weighted by molar-refractivity contribution is 5.76. The molecular formula is C12H23N3O2. The largest absolute Gasteiger partial charge is 0.388 e. The average Bonchev–Trinajstić information content (AvgIpc) is 2.28. The van der Waals surface area contributed by atoms with Crippen LogP contribution in [-0.2, 0) is 4.79 Å². The zero-order valence-electron chi connectivity index (χ0n) is 10.5. The minimum Gasteiger partial charge on any atom is -0.388 e. The Morgan fingerprint density at radius 2 is 2.12 bits per heavy atom. The zero-order valence-corrected chi connectivity index (χ0v) is 10.5. The second-order valence-electron chi connectivity index (χ2n) is 5.54. The van der Waals surface area contributed by atoms with Gasteiger partial charge in [-0.3, -0.25) is 9.69 Å². The van der Waals surface area contributed by atoms with Crippen LogP contribution in [0.5, 0.6) is 0 Å². The van der Waals surface area contributed by atoms with Crippen molar-refractivity contribution in [3.05, 3.63) is 0 Å². The standard InChI is InChI=1S/C12H23N3O2/c1-12(17)4-5-14-8-10(12)15-6-2-9(3-7-15)11(13)16/h9-10,14,17H,2-8H2,1H3,(H2,13,16). The maximum Gasteiger partial charge on any atom is 0.220 e. The zero-order chi connectivity index (χ0) is 12.5. The first kappa shape index (κ1) is 12.8. The van der Waals surface area contributed by atoms with Gasteiger partial charge in [-0.05, 0) is 45.8 Å². The normalized spacial score (nSPS) is 36.9. The lowest BCUT2D eigenvalue weighted by Crippen LogP contribution is -2.61. The third kappa shape index (κ3) is 2.78. The van der Waals surface area contributed by atoms with E-state index in [4.69, 9.17) is 5.73 Å². The Hall–Kier alpha value is -0.650. The summed E-state index contributed by atoms with van der Waals surface area (Å²) in [6.07, 6.45) is 2.43. The molecule has 0 aromatic rings. The SMILES string of the molecule is CC1(O)CCNCC1N1CCC(C(N)=O)CC1. The lowest BCUT2D eigenvalue weighted by Gasteiger charge is -2.46. The van der Waals surface area contributed by atoms with Crippen LogP contribution in [0.2, 0.25) is 0 Å². The van der Waals surface area contributed by atoms with Crippen LogP contribution >= 0.6 is 0 Å². The van der Waals surface area contributed by atoms with E-state index in [1.807, 2.05) is 6.92 Å². The minimum atomic E-state index is -0.620. The van der Waals surface area contributed by atoms with Crippen molar-refractivity contribution in [1.82, 2.24) is 10.2 Å². The summed E-state index contributed by atoms with van der Waals surface area (Å²) >= 11 is 0. The molecule has 0 radical (unpaired) electrons. The van der Waals surface area contributed by atoms with Crippen LogP contribution in [0, 0.1) is 5.92 Å². The third-order valence-corrected chi connectivity index (χ3v) is 4.24. The molecule has 0 aromatic carbocycles. The number of aliphatic hydroxyl groups is 1. The van der Waals surface area contributed by atoms with E-state index in [9.17, 15) is 9.90 Å². The van der Waals surface area contributed by atoms with E-state index in [1.54, 1.807) is 0 Å². The molecule has 2 saturated heterocycles. The number of hydrogen-bond acceptors (Lipinski definition) is 4. The molecule has 4 N–H and O–H groups in total. The van der Waals surface area contributed by atoms with Gasteiger partial charge in [-0.2, -0.15) is 0 Å². The van der Waals surface area contributed by atoms with E-state index in [0.717, 1.165) is 45.4 Å². The molecule has 17 heavy (non-hydrogen) atoms. The first-order valence-corrected chi connectivity index (χ1v) is 6.47. The van der Waals surface area contributed by atoms with Gasteiger partial charge in [0.05, 0.1) is 11.6 Å². The van der Waals surface area contributed by atoms with Crippen LogP contribution in [0.1, 0.15) is 26.2 Å². The lowest BCUT2D eigenvalue weighted by atomic mass is 9.86. The Morgan fingerprint density at radius 3 is 2.65 bits per heavy atom. The van der Waals surface area contributed by atoms with Crippen molar-refractivity contribution in [2.75, 3.05) is 26.2 Å². The molecule has 2 aliphatic rings. The summed E-state index contributed by atoms with van der Waals surface area (Å²) in [5.74, 6) is -0.161. The van der Waals surface area contributed by atoms with Gasteiger partial charge in [-0.25, -0.2) is 0 Å². The summed E-state index contributed by atoms with van der Waals surface area (Å²) in [6, 6.07) is 0.157. The Bertz CT molecular complexity index is 285. The molecule has 5 heteroatoms. The highest BCUT2D eigenvalue weighted by Gasteiger charge is 2.39. The van der Waals surface area contributed by atoms with Crippen LogP contribution < -0.4 is 11.1 Å². The molecule has 98 valence electrons. The number of likely N-dealkylation sites (tertiary alicyclic amines) is 1. The van der Waals surface area contributed by atoms with Crippen molar-refractivity contribution < 1.29 is 9.90 Å². The van der Waals surface area contributed by atoms with Crippen LogP contribution in [0.4, 0.5) is 0 Å². The van der Waals surface area contributed by atoms with E-state index in [2.05, 4.69) is 10.2 Å². The second-order valence-corrected chi connectivity index (χ2v) is 5.54. The van der Waals surface area contributed by atoms with Gasteiger partial charge in [0, 0.05) is 12.5 Å². The van der Waals surface area contributed by atoms with Crippen molar-refractivity contribution >= 4 is 5.91 Å². The molecule has 0 aliphatic carbocycles. The fourth-order valence-corrected chi connectivity index (χ4v) is 2.98. The van der Waals surface area contributed by atoms with Gasteiger partial charge in [0.25, 0.3) is 0 Å². The van der Waals surface area contributed by atoms with E-state index in [-0.39, 0.29) is 17.9 Å². The quantitative estimate of drug-likeness (QED) is 0.597. The number of amides is 1. The summed E-state index contributed by atoms with van der Waals surface area (Å²) < 4.78 is 0. The molecule has 2 aliphatic heterocycles. The van der Waals surface area contributed by atoms with Crippen LogP contribution in [-0.4, -0.2) is 53.7 Å². The smallest absolute Gasteiger partial charge is 0.220 e. The summed E-state index contributed by atoms with van der Waals surface area (Å²) in [6.45, 7) is 5.33. The summed E-state index contributed by atoms with van der Waals surface area (Å²) in [5, 5.41) is 13.7. The maximum absolute atomic E-state index is 11.1. The minimum absolute atomic E-state index is 0.0211. The molecule has 2 rings (SSSR count). The van der Waals surface area contributed by atoms with Crippen molar-refractivity contribution in [3.63, 3.8) is 0 Å². The molecule has 1 amide bonds. The van der Waals surface area contributed by atoms with Crippen molar-refractivity contribution in [2.45, 2.75) is 37.8 Å². The Balaban J connectivity index is 1.93. The number of hydrogen-bond donors (Lipinski definition) is 3. The van der Waals surface area contributed by atoms with Gasteiger partial charge in [0.1, 0.15) is 0 Å². The number of carbonyl (C=O) groups excluding carboxylic acids is 1. The molecule has 0 bridgehead atoms. The number of rotatable bonds is 2. The topological polar surface area (TPSA) is 78.6 Å². The number of primary amides is 1.